The van der Waals surface area contributed by atoms with Gasteiger partial charge < -0.3 is 11.5 Å². The van der Waals surface area contributed by atoms with Gasteiger partial charge in [-0.2, -0.15) is 35.5 Å². The van der Waals surface area contributed by atoms with Crippen LogP contribution in [0.2, 0.25) is 10.0 Å². The number of ketones is 1. The second-order valence-corrected chi connectivity index (χ2v) is 18.0. The number of azo groups is 2. The van der Waals surface area contributed by atoms with Crippen LogP contribution in [0.5, 0.6) is 0 Å². The molecular formula is C38H26Cl2N8O10S3. The molecule has 8 N–H and O–H groups in total. The summed E-state index contributed by atoms with van der Waals surface area (Å²) in [6.07, 6.45) is 0.763. The number of nitrogens with two attached hydrogens (primary N) is 2. The first kappa shape index (κ1) is 42.7. The van der Waals surface area contributed by atoms with Crippen molar-refractivity contribution in [2.75, 3.05) is 16.9 Å². The smallest absolute Gasteiger partial charge is 0.296 e. The van der Waals surface area contributed by atoms with Crippen molar-refractivity contribution in [1.29, 1.82) is 0 Å². The zero-order chi connectivity index (χ0) is 44.0. The van der Waals surface area contributed by atoms with E-state index in [1.165, 1.54) is 36.4 Å². The summed E-state index contributed by atoms with van der Waals surface area (Å²) in [5, 5.41) is 21.4. The SMILES string of the molecule is Nc1c(N=Nc2cc(Cl)ccc2Cl)c(S(=O)(=O)O)cc2c1C(=O)C(=NNc1ccc(-c3ccc(N=Nc4ccc(N)c5cc(S(=O)(=O)O)ccc45)cc3)cc1)C(S(=O)(=O)O)=C2. The molecule has 0 aromatic heterocycles. The van der Waals surface area contributed by atoms with Gasteiger partial charge in [-0.3, -0.25) is 23.9 Å². The Morgan fingerprint density at radius 1 is 0.623 bits per heavy atom. The Labute approximate surface area is 356 Å². The first-order valence-corrected chi connectivity index (χ1v) is 22.1. The normalized spacial score (nSPS) is 14.2. The number of Topliss-reactive ketones (excluding diaryl/α,β-unsaturated/α-hetero) is 1. The third kappa shape index (κ3) is 9.04. The molecule has 0 saturated heterocycles. The summed E-state index contributed by atoms with van der Waals surface area (Å²) in [5.41, 5.74) is 14.8. The number of nitrogens with zero attached hydrogens (tertiary/aromatic N) is 5. The van der Waals surface area contributed by atoms with E-state index in [1.54, 1.807) is 60.7 Å². The third-order valence-corrected chi connectivity index (χ3v) is 12.1. The highest BCUT2D eigenvalue weighted by Crippen LogP contribution is 2.42. The predicted octanol–water partition coefficient (Wildman–Crippen LogP) is 9.20. The lowest BCUT2D eigenvalue weighted by Gasteiger charge is -2.20. The molecule has 61 heavy (non-hydrogen) atoms. The Morgan fingerprint density at radius 3 is 1.92 bits per heavy atom. The summed E-state index contributed by atoms with van der Waals surface area (Å²) in [7, 11) is -14.7. The fraction of sp³-hybridized carbons (Fsp3) is 0. The molecule has 0 aliphatic heterocycles. The van der Waals surface area contributed by atoms with E-state index in [0.717, 1.165) is 23.3 Å². The molecule has 1 aliphatic rings. The number of carbonyl (C=O) groups is 1. The second kappa shape index (κ2) is 16.2. The van der Waals surface area contributed by atoms with Crippen molar-refractivity contribution in [2.45, 2.75) is 9.79 Å². The Morgan fingerprint density at radius 2 is 1.28 bits per heavy atom. The molecule has 0 saturated carbocycles. The highest BCUT2D eigenvalue weighted by Gasteiger charge is 2.37. The standard InChI is InChI=1S/C38H26Cl2N8O10S3/c39-22-5-12-28(40)31(17-22)46-47-36-32(60(53,54)55)15-21-16-33(61(56,57)58)37(38(49)34(21)35(36)42)48-44-24-8-3-20(4-9-24)19-1-6-23(7-2-19)43-45-30-14-13-29(41)27-18-25(59(50,51)52)10-11-26(27)30/h1-18,44H,41-42H2,(H,50,51,52)(H,53,54,55)(H,56,57,58). The molecule has 23 heteroatoms. The van der Waals surface area contributed by atoms with E-state index in [0.29, 0.717) is 22.1 Å². The number of rotatable bonds is 10. The number of hydrogen-bond acceptors (Lipinski definition) is 15. The van der Waals surface area contributed by atoms with Crippen LogP contribution in [0.25, 0.3) is 28.0 Å². The van der Waals surface area contributed by atoms with Gasteiger partial charge >= 0.3 is 0 Å². The number of fused-ring (bicyclic) bond motifs is 2. The highest BCUT2D eigenvalue weighted by molar-refractivity contribution is 7.91. The molecule has 1 aliphatic carbocycles. The van der Waals surface area contributed by atoms with Gasteiger partial charge in [0.1, 0.15) is 21.2 Å². The minimum absolute atomic E-state index is 0.0164. The van der Waals surface area contributed by atoms with Crippen molar-refractivity contribution in [3.8, 4) is 11.1 Å². The summed E-state index contributed by atoms with van der Waals surface area (Å²) >= 11 is 12.1. The summed E-state index contributed by atoms with van der Waals surface area (Å²) < 4.78 is 102. The Bertz CT molecular complexity index is 3310. The van der Waals surface area contributed by atoms with E-state index in [1.807, 2.05) is 0 Å². The molecule has 0 radical (unpaired) electrons. The molecular weight excluding hydrogens is 896 g/mol. The van der Waals surface area contributed by atoms with Gasteiger partial charge in [0.15, 0.2) is 5.71 Å². The fourth-order valence-electron chi connectivity index (χ4n) is 6.04. The Balaban J connectivity index is 1.14. The first-order valence-electron chi connectivity index (χ1n) is 17.0. The number of hydrogen-bond donors (Lipinski definition) is 6. The van der Waals surface area contributed by atoms with Crippen LogP contribution in [0.15, 0.2) is 143 Å². The number of nitrogens with one attached hydrogen (secondary N) is 1. The van der Waals surface area contributed by atoms with E-state index in [9.17, 15) is 43.7 Å². The van der Waals surface area contributed by atoms with E-state index in [2.05, 4.69) is 31.0 Å². The molecule has 6 aromatic rings. The van der Waals surface area contributed by atoms with Gasteiger partial charge in [-0.1, -0.05) is 53.5 Å². The number of hydrazone groups is 1. The van der Waals surface area contributed by atoms with Crippen LogP contribution in [-0.4, -0.2) is 50.4 Å². The molecule has 0 heterocycles. The number of allylic oxidation sites excluding steroid dienone is 1. The lowest BCUT2D eigenvalue weighted by Crippen LogP contribution is -2.28. The molecule has 0 bridgehead atoms. The number of benzene rings is 6. The first-order chi connectivity index (χ1) is 28.7. The molecule has 310 valence electrons. The molecule has 0 atom stereocenters. The quantitative estimate of drug-likeness (QED) is 0.0323. The van der Waals surface area contributed by atoms with Crippen LogP contribution in [0, 0.1) is 0 Å². The maximum atomic E-state index is 13.9. The summed E-state index contributed by atoms with van der Waals surface area (Å²) in [5.74, 6) is -1.15. The van der Waals surface area contributed by atoms with Gasteiger partial charge in [0.25, 0.3) is 30.4 Å². The van der Waals surface area contributed by atoms with Crippen molar-refractivity contribution < 1.29 is 43.7 Å². The van der Waals surface area contributed by atoms with E-state index in [-0.39, 0.29) is 32.0 Å². The van der Waals surface area contributed by atoms with Crippen LogP contribution < -0.4 is 16.9 Å². The van der Waals surface area contributed by atoms with Crippen LogP contribution in [0.1, 0.15) is 15.9 Å². The largest absolute Gasteiger partial charge is 0.398 e. The minimum Gasteiger partial charge on any atom is -0.398 e. The highest BCUT2D eigenvalue weighted by atomic mass is 35.5. The Hall–Kier alpha value is -6.43. The monoisotopic (exact) mass is 920 g/mol. The van der Waals surface area contributed by atoms with Crippen LogP contribution in [0.3, 0.4) is 0 Å². The molecule has 0 unspecified atom stereocenters. The van der Waals surface area contributed by atoms with E-state index < -0.39 is 74.2 Å². The molecule has 6 aromatic carbocycles. The van der Waals surface area contributed by atoms with Crippen molar-refractivity contribution in [2.24, 2.45) is 25.6 Å². The van der Waals surface area contributed by atoms with Crippen LogP contribution in [0.4, 0.5) is 39.8 Å². The third-order valence-electron chi connectivity index (χ3n) is 8.97. The number of carbonyl (C=O) groups excluding carboxylic acids is 1. The molecule has 18 nitrogen and oxygen atoms in total. The summed E-state index contributed by atoms with van der Waals surface area (Å²) in [6, 6.07) is 25.5. The number of anilines is 3. The average molecular weight is 922 g/mol. The van der Waals surface area contributed by atoms with Crippen LogP contribution >= 0.6 is 23.2 Å². The van der Waals surface area contributed by atoms with Crippen molar-refractivity contribution in [1.82, 2.24) is 0 Å². The zero-order valence-corrected chi connectivity index (χ0v) is 34.4. The molecule has 0 amide bonds. The van der Waals surface area contributed by atoms with Gasteiger partial charge in [0.05, 0.1) is 38.2 Å². The Kier molecular flexibility index (Phi) is 11.3. The maximum absolute atomic E-state index is 13.9. The average Bonchev–Trinajstić information content (AvgIpc) is 3.20. The van der Waals surface area contributed by atoms with Crippen molar-refractivity contribution >= 4 is 122 Å². The summed E-state index contributed by atoms with van der Waals surface area (Å²) in [4.78, 5) is 11.6. The number of nitrogen functional groups attached to an aromatic ring is 2. The minimum atomic E-state index is -5.17. The van der Waals surface area contributed by atoms with Crippen molar-refractivity contribution in [3.05, 3.63) is 129 Å². The lowest BCUT2D eigenvalue weighted by molar-refractivity contribution is 0.106. The molecule has 0 spiro atoms. The predicted molar refractivity (Wildman–Crippen MR) is 230 cm³/mol. The second-order valence-electron chi connectivity index (χ2n) is 12.9. The van der Waals surface area contributed by atoms with Gasteiger partial charge in [0, 0.05) is 21.5 Å². The summed E-state index contributed by atoms with van der Waals surface area (Å²) in [6.45, 7) is 0. The van der Waals surface area contributed by atoms with Gasteiger partial charge in [-0.25, -0.2) is 0 Å². The maximum Gasteiger partial charge on any atom is 0.296 e. The molecule has 0 fully saturated rings. The molecule has 7 rings (SSSR count). The topological polar surface area (TPSA) is 306 Å². The van der Waals surface area contributed by atoms with Gasteiger partial charge in [-0.05, 0) is 95.6 Å². The van der Waals surface area contributed by atoms with E-state index >= 15 is 0 Å². The van der Waals surface area contributed by atoms with Gasteiger partial charge in [0.2, 0.25) is 5.78 Å². The van der Waals surface area contributed by atoms with E-state index in [4.69, 9.17) is 34.7 Å². The van der Waals surface area contributed by atoms with Crippen LogP contribution in [-0.2, 0) is 30.4 Å². The van der Waals surface area contributed by atoms with Gasteiger partial charge in [-0.15, -0.1) is 15.3 Å². The zero-order valence-electron chi connectivity index (χ0n) is 30.5. The lowest BCUT2D eigenvalue weighted by atomic mass is 9.92. The number of halogens is 2. The van der Waals surface area contributed by atoms with Crippen molar-refractivity contribution in [3.63, 3.8) is 0 Å². The fourth-order valence-corrected chi connectivity index (χ4v) is 8.19.